The number of nitrogens with one attached hydrogen (secondary N) is 1. The molecule has 1 fully saturated rings. The van der Waals surface area contributed by atoms with Gasteiger partial charge < -0.3 is 5.11 Å². The van der Waals surface area contributed by atoms with E-state index < -0.39 is 10.0 Å². The van der Waals surface area contributed by atoms with Gasteiger partial charge in [0.1, 0.15) is 0 Å². The summed E-state index contributed by atoms with van der Waals surface area (Å²) in [5.74, 6) is 0. The summed E-state index contributed by atoms with van der Waals surface area (Å²) in [6.45, 7) is 1.82. The number of benzene rings is 2. The maximum absolute atomic E-state index is 12.7. The van der Waals surface area contributed by atoms with Crippen LogP contribution in [0.3, 0.4) is 0 Å². The number of likely N-dealkylation sites (tertiary alicyclic amines) is 1. The Balaban J connectivity index is 1.88. The molecule has 2 aromatic rings. The summed E-state index contributed by atoms with van der Waals surface area (Å²) in [6.07, 6.45) is 0.358. The van der Waals surface area contributed by atoms with Gasteiger partial charge in [0.25, 0.3) is 10.0 Å². The van der Waals surface area contributed by atoms with E-state index in [1.165, 1.54) is 18.2 Å². The highest BCUT2D eigenvalue weighted by Crippen LogP contribution is 2.29. The van der Waals surface area contributed by atoms with Crippen molar-refractivity contribution >= 4 is 50.5 Å². The van der Waals surface area contributed by atoms with Crippen LogP contribution in [-0.4, -0.2) is 37.6 Å². The van der Waals surface area contributed by atoms with E-state index in [9.17, 15) is 13.5 Å². The number of anilines is 1. The van der Waals surface area contributed by atoms with E-state index in [4.69, 9.17) is 34.8 Å². The van der Waals surface area contributed by atoms with Crippen molar-refractivity contribution < 1.29 is 13.5 Å². The molecule has 1 unspecified atom stereocenters. The number of hydrogen-bond donors (Lipinski definition) is 2. The number of β-amino-alcohol motifs (C(OH)–C–C–N with tert-alkyl or cyclic N) is 1. The summed E-state index contributed by atoms with van der Waals surface area (Å²) in [6, 6.07) is 9.17. The first-order chi connectivity index (χ1) is 12.2. The molecule has 1 aliphatic heterocycles. The van der Waals surface area contributed by atoms with Crippen LogP contribution in [0, 0.1) is 0 Å². The van der Waals surface area contributed by atoms with E-state index >= 15 is 0 Å². The summed E-state index contributed by atoms with van der Waals surface area (Å²) in [5, 5.41) is 10.5. The molecular formula is C17H17Cl3N2O3S. The molecular weight excluding hydrogens is 419 g/mol. The van der Waals surface area contributed by atoms with Crippen LogP contribution in [-0.2, 0) is 16.6 Å². The second kappa shape index (κ2) is 7.92. The summed E-state index contributed by atoms with van der Waals surface area (Å²) in [7, 11) is -3.86. The predicted molar refractivity (Wildman–Crippen MR) is 105 cm³/mol. The molecule has 2 N–H and O–H groups in total. The minimum atomic E-state index is -3.86. The van der Waals surface area contributed by atoms with Gasteiger partial charge in [0.15, 0.2) is 0 Å². The largest absolute Gasteiger partial charge is 0.392 e. The number of rotatable bonds is 5. The Hall–Kier alpha value is -1.02. The van der Waals surface area contributed by atoms with E-state index in [1.54, 1.807) is 18.2 Å². The maximum atomic E-state index is 12.7. The minimum absolute atomic E-state index is 0.00872. The van der Waals surface area contributed by atoms with Gasteiger partial charge in [-0.3, -0.25) is 9.62 Å². The Morgan fingerprint density at radius 2 is 1.88 bits per heavy atom. The quantitative estimate of drug-likeness (QED) is 0.744. The fourth-order valence-corrected chi connectivity index (χ4v) is 4.48. The van der Waals surface area contributed by atoms with Gasteiger partial charge in [-0.15, -0.1) is 0 Å². The Labute approximate surface area is 167 Å². The van der Waals surface area contributed by atoms with Crippen molar-refractivity contribution in [1.29, 1.82) is 0 Å². The fraction of sp³-hybridized carbons (Fsp3) is 0.294. The molecule has 0 aromatic heterocycles. The molecule has 1 aliphatic rings. The molecule has 0 bridgehead atoms. The van der Waals surface area contributed by atoms with Gasteiger partial charge >= 0.3 is 0 Å². The van der Waals surface area contributed by atoms with E-state index in [0.717, 1.165) is 12.1 Å². The lowest BCUT2D eigenvalue weighted by Crippen LogP contribution is -2.23. The van der Waals surface area contributed by atoms with E-state index in [0.29, 0.717) is 30.2 Å². The van der Waals surface area contributed by atoms with Crippen LogP contribution in [0.5, 0.6) is 0 Å². The molecule has 3 rings (SSSR count). The average molecular weight is 436 g/mol. The minimum Gasteiger partial charge on any atom is -0.392 e. The lowest BCUT2D eigenvalue weighted by atomic mass is 10.1. The zero-order chi connectivity index (χ0) is 18.9. The van der Waals surface area contributed by atoms with Gasteiger partial charge in [0, 0.05) is 24.7 Å². The molecule has 0 saturated carbocycles. The van der Waals surface area contributed by atoms with Crippen LogP contribution in [0.15, 0.2) is 41.3 Å². The van der Waals surface area contributed by atoms with Crippen LogP contribution in [0.1, 0.15) is 12.0 Å². The molecule has 1 atom stereocenters. The molecule has 0 radical (unpaired) electrons. The number of hydrogen-bond acceptors (Lipinski definition) is 4. The monoisotopic (exact) mass is 434 g/mol. The van der Waals surface area contributed by atoms with Gasteiger partial charge in [0.05, 0.1) is 26.7 Å². The first-order valence-corrected chi connectivity index (χ1v) is 10.5. The normalized spacial score (nSPS) is 18.2. The van der Waals surface area contributed by atoms with Gasteiger partial charge in [-0.2, -0.15) is 0 Å². The highest BCUT2D eigenvalue weighted by Gasteiger charge is 2.22. The maximum Gasteiger partial charge on any atom is 0.261 e. The first kappa shape index (κ1) is 19.7. The summed E-state index contributed by atoms with van der Waals surface area (Å²) in [4.78, 5) is 2.07. The molecule has 0 aliphatic carbocycles. The summed E-state index contributed by atoms with van der Waals surface area (Å²) < 4.78 is 28.0. The number of sulfonamides is 1. The van der Waals surface area contributed by atoms with Gasteiger partial charge in [-0.1, -0.05) is 40.9 Å². The average Bonchev–Trinajstić information content (AvgIpc) is 2.97. The Kier molecular flexibility index (Phi) is 6.01. The third-order valence-electron chi connectivity index (χ3n) is 4.16. The first-order valence-electron chi connectivity index (χ1n) is 7.91. The third kappa shape index (κ3) is 4.63. The number of halogens is 3. The zero-order valence-corrected chi connectivity index (χ0v) is 16.7. The van der Waals surface area contributed by atoms with Crippen LogP contribution in [0.25, 0.3) is 0 Å². The van der Waals surface area contributed by atoms with Crippen molar-refractivity contribution in [3.8, 4) is 0 Å². The molecule has 26 heavy (non-hydrogen) atoms. The number of nitrogens with zero attached hydrogens (tertiary/aromatic N) is 1. The van der Waals surface area contributed by atoms with Crippen molar-refractivity contribution in [2.45, 2.75) is 24.0 Å². The Morgan fingerprint density at radius 3 is 2.54 bits per heavy atom. The third-order valence-corrected chi connectivity index (χ3v) is 6.50. The molecule has 2 aromatic carbocycles. The topological polar surface area (TPSA) is 69.6 Å². The standard InChI is InChI=1S/C17H17Cl3N2O3S/c18-12-2-1-11(9-22-6-5-13(23)10-22)17(7-12)21-26(24,25)14-3-4-15(19)16(20)8-14/h1-4,7-8,13,21,23H,5-6,9-10H2. The van der Waals surface area contributed by atoms with Crippen molar-refractivity contribution in [2.75, 3.05) is 17.8 Å². The fourth-order valence-electron chi connectivity index (χ4n) is 2.83. The Morgan fingerprint density at radius 1 is 1.12 bits per heavy atom. The number of aliphatic hydroxyl groups excluding tert-OH is 1. The van der Waals surface area contributed by atoms with Crippen LogP contribution < -0.4 is 4.72 Å². The highest BCUT2D eigenvalue weighted by atomic mass is 35.5. The van der Waals surface area contributed by atoms with E-state index in [1.807, 2.05) is 0 Å². The van der Waals surface area contributed by atoms with Crippen LogP contribution >= 0.6 is 34.8 Å². The molecule has 140 valence electrons. The Bertz CT molecular complexity index is 921. The second-order valence-electron chi connectivity index (χ2n) is 6.16. The van der Waals surface area contributed by atoms with Crippen molar-refractivity contribution in [3.05, 3.63) is 57.0 Å². The van der Waals surface area contributed by atoms with Crippen molar-refractivity contribution in [1.82, 2.24) is 4.90 Å². The summed E-state index contributed by atoms with van der Waals surface area (Å²) in [5.41, 5.74) is 1.16. The zero-order valence-electron chi connectivity index (χ0n) is 13.6. The predicted octanol–water partition coefficient (Wildman–Crippen LogP) is 4.01. The smallest absolute Gasteiger partial charge is 0.261 e. The van der Waals surface area contributed by atoms with E-state index in [-0.39, 0.29) is 21.0 Å². The van der Waals surface area contributed by atoms with Crippen LogP contribution in [0.2, 0.25) is 15.1 Å². The van der Waals surface area contributed by atoms with Crippen molar-refractivity contribution in [3.63, 3.8) is 0 Å². The van der Waals surface area contributed by atoms with Crippen molar-refractivity contribution in [2.24, 2.45) is 0 Å². The molecule has 1 saturated heterocycles. The molecule has 1 heterocycles. The number of aliphatic hydroxyl groups is 1. The van der Waals surface area contributed by atoms with E-state index in [2.05, 4.69) is 9.62 Å². The van der Waals surface area contributed by atoms with Crippen LogP contribution in [0.4, 0.5) is 5.69 Å². The lowest BCUT2D eigenvalue weighted by Gasteiger charge is -2.19. The molecule has 0 spiro atoms. The highest BCUT2D eigenvalue weighted by molar-refractivity contribution is 7.92. The lowest BCUT2D eigenvalue weighted by molar-refractivity contribution is 0.175. The van der Waals surface area contributed by atoms with Gasteiger partial charge in [-0.05, 0) is 42.3 Å². The second-order valence-corrected chi connectivity index (χ2v) is 9.09. The molecule has 9 heteroatoms. The molecule has 0 amide bonds. The SMILES string of the molecule is O=S(=O)(Nc1cc(Cl)ccc1CN1CCC(O)C1)c1ccc(Cl)c(Cl)c1. The summed E-state index contributed by atoms with van der Waals surface area (Å²) >= 11 is 17.8. The van der Waals surface area contributed by atoms with Gasteiger partial charge in [0.2, 0.25) is 0 Å². The molecule has 5 nitrogen and oxygen atoms in total. The van der Waals surface area contributed by atoms with Gasteiger partial charge in [-0.25, -0.2) is 8.42 Å².